The predicted octanol–water partition coefficient (Wildman–Crippen LogP) is 4.23. The summed E-state index contributed by atoms with van der Waals surface area (Å²) < 4.78 is 43.7. The zero-order valence-corrected chi connectivity index (χ0v) is 16.5. The van der Waals surface area contributed by atoms with E-state index < -0.39 is 17.9 Å². The molecule has 2 atom stereocenters. The average Bonchev–Trinajstić information content (AvgIpc) is 3.35. The fourth-order valence-electron chi connectivity index (χ4n) is 4.13. The number of aliphatic hydroxyl groups is 2. The zero-order chi connectivity index (χ0) is 21.7. The Morgan fingerprint density at radius 3 is 2.60 bits per heavy atom. The normalized spacial score (nSPS) is 18.9. The second-order valence-electron chi connectivity index (χ2n) is 8.20. The molecule has 2 unspecified atom stereocenters. The molecular weight excluding hydrogens is 399 g/mol. The summed E-state index contributed by atoms with van der Waals surface area (Å²) in [4.78, 5) is 2.05. The van der Waals surface area contributed by atoms with Crippen molar-refractivity contribution < 1.29 is 28.0 Å². The molecule has 1 aliphatic rings. The van der Waals surface area contributed by atoms with E-state index in [1.165, 1.54) is 18.2 Å². The highest BCUT2D eigenvalue weighted by Crippen LogP contribution is 2.39. The Hall–Kier alpha value is -2.65. The van der Waals surface area contributed by atoms with Gasteiger partial charge in [0.2, 0.25) is 0 Å². The summed E-state index contributed by atoms with van der Waals surface area (Å²) in [5.41, 5.74) is 1.62. The maximum Gasteiger partial charge on any atom is 0.418 e. The van der Waals surface area contributed by atoms with Gasteiger partial charge < -0.3 is 15.1 Å². The number of alkyl halides is 3. The van der Waals surface area contributed by atoms with Crippen molar-refractivity contribution in [1.82, 2.24) is 10.3 Å². The molecule has 4 rings (SSSR count). The Kier molecular flexibility index (Phi) is 4.98. The molecule has 1 fully saturated rings. The van der Waals surface area contributed by atoms with Gasteiger partial charge in [0.25, 0.3) is 0 Å². The number of benzene rings is 2. The van der Waals surface area contributed by atoms with Crippen LogP contribution in [0.5, 0.6) is 0 Å². The van der Waals surface area contributed by atoms with Crippen molar-refractivity contribution in [3.63, 3.8) is 0 Å². The van der Waals surface area contributed by atoms with Crippen LogP contribution in [0.2, 0.25) is 0 Å². The van der Waals surface area contributed by atoms with Crippen molar-refractivity contribution in [1.29, 1.82) is 0 Å². The quantitative estimate of drug-likeness (QED) is 0.656. The van der Waals surface area contributed by atoms with Crippen LogP contribution < -0.4 is 4.90 Å². The second kappa shape index (κ2) is 7.24. The van der Waals surface area contributed by atoms with Crippen molar-refractivity contribution in [3.05, 3.63) is 42.0 Å². The number of fused-ring (bicyclic) bond motifs is 1. The minimum absolute atomic E-state index is 0.147. The van der Waals surface area contributed by atoms with Crippen molar-refractivity contribution in [2.75, 3.05) is 11.4 Å². The van der Waals surface area contributed by atoms with E-state index in [2.05, 4.69) is 10.3 Å². The highest BCUT2D eigenvalue weighted by atomic mass is 19.4. The lowest BCUT2D eigenvalue weighted by molar-refractivity contribution is -0.206. The minimum Gasteiger partial charge on any atom is -0.388 e. The monoisotopic (exact) mass is 421 g/mol. The number of halogens is 3. The Bertz CT molecular complexity index is 1060. The van der Waals surface area contributed by atoms with Gasteiger partial charge in [-0.3, -0.25) is 0 Å². The van der Waals surface area contributed by atoms with Gasteiger partial charge in [-0.25, -0.2) is 4.63 Å². The molecule has 1 saturated heterocycles. The third-order valence-corrected chi connectivity index (χ3v) is 5.56. The fourth-order valence-corrected chi connectivity index (χ4v) is 4.13. The third-order valence-electron chi connectivity index (χ3n) is 5.56. The first-order valence-corrected chi connectivity index (χ1v) is 9.66. The fraction of sp³-hybridized carbons (Fsp3) is 0.429. The topological polar surface area (TPSA) is 82.6 Å². The van der Waals surface area contributed by atoms with Crippen molar-refractivity contribution >= 4 is 16.7 Å². The minimum atomic E-state index is -4.75. The molecular formula is C21H22F3N3O3. The van der Waals surface area contributed by atoms with Crippen LogP contribution in [0.3, 0.4) is 0 Å². The number of hydrogen-bond donors (Lipinski definition) is 2. The number of rotatable bonds is 4. The van der Waals surface area contributed by atoms with Gasteiger partial charge in [-0.05, 0) is 71.9 Å². The van der Waals surface area contributed by atoms with Crippen molar-refractivity contribution in [2.24, 2.45) is 0 Å². The maximum absolute atomic E-state index is 12.9. The first kappa shape index (κ1) is 20.6. The molecule has 1 aromatic heterocycles. The van der Waals surface area contributed by atoms with Crippen molar-refractivity contribution in [2.45, 2.75) is 50.6 Å². The van der Waals surface area contributed by atoms with E-state index in [9.17, 15) is 23.4 Å². The van der Waals surface area contributed by atoms with E-state index >= 15 is 0 Å². The van der Waals surface area contributed by atoms with Crippen LogP contribution in [0.15, 0.2) is 41.0 Å². The van der Waals surface area contributed by atoms with E-state index in [1.54, 1.807) is 26.0 Å². The molecule has 30 heavy (non-hydrogen) atoms. The van der Waals surface area contributed by atoms with Gasteiger partial charge in [-0.15, -0.1) is 0 Å². The molecule has 0 aliphatic carbocycles. The van der Waals surface area contributed by atoms with Crippen LogP contribution in [0.4, 0.5) is 18.9 Å². The molecule has 2 N–H and O–H groups in total. The molecule has 0 spiro atoms. The van der Waals surface area contributed by atoms with Gasteiger partial charge >= 0.3 is 6.18 Å². The molecule has 3 aromatic rings. The lowest BCUT2D eigenvalue weighted by Gasteiger charge is -2.35. The molecule has 9 heteroatoms. The van der Waals surface area contributed by atoms with Crippen LogP contribution in [0.1, 0.15) is 38.4 Å². The van der Waals surface area contributed by atoms with E-state index in [4.69, 9.17) is 4.63 Å². The number of aliphatic hydroxyl groups excluding tert-OH is 1. The number of anilines is 1. The first-order valence-electron chi connectivity index (χ1n) is 9.66. The van der Waals surface area contributed by atoms with Crippen LogP contribution in [-0.4, -0.2) is 44.9 Å². The Morgan fingerprint density at radius 2 is 1.90 bits per heavy atom. The number of nitrogens with zero attached hydrogens (tertiary/aromatic N) is 3. The standard InChI is InChI=1S/C21H22F3N3O3/c1-20(2,29)17-7-4-8-27(17)16-11-14(10-15-18(16)26-30-25-15)12-5-3-6-13(9-12)19(28)21(22,23)24/h3,5-6,9-11,17,19,28-29H,4,7-8H2,1-2H3. The van der Waals surface area contributed by atoms with E-state index in [1.807, 2.05) is 11.0 Å². The van der Waals surface area contributed by atoms with Gasteiger partial charge in [0.05, 0.1) is 17.3 Å². The lowest BCUT2D eigenvalue weighted by Crippen LogP contribution is -2.45. The molecule has 2 heterocycles. The SMILES string of the molecule is CC(C)(O)C1CCCN1c1cc(-c2cccc(C(O)C(F)(F)F)c2)cc2nonc12. The Morgan fingerprint density at radius 1 is 1.13 bits per heavy atom. The van der Waals surface area contributed by atoms with E-state index in [0.29, 0.717) is 34.4 Å². The van der Waals surface area contributed by atoms with Gasteiger partial charge in [0, 0.05) is 6.54 Å². The summed E-state index contributed by atoms with van der Waals surface area (Å²) in [5.74, 6) is 0. The molecule has 2 aromatic carbocycles. The van der Waals surface area contributed by atoms with Crippen LogP contribution in [0.25, 0.3) is 22.2 Å². The first-order chi connectivity index (χ1) is 14.1. The van der Waals surface area contributed by atoms with E-state index in [0.717, 1.165) is 12.8 Å². The zero-order valence-electron chi connectivity index (χ0n) is 16.5. The molecule has 0 radical (unpaired) electrons. The smallest absolute Gasteiger partial charge is 0.388 e. The molecule has 0 bridgehead atoms. The summed E-state index contributed by atoms with van der Waals surface area (Å²) in [7, 11) is 0. The average molecular weight is 421 g/mol. The van der Waals surface area contributed by atoms with Gasteiger partial charge in [-0.1, -0.05) is 18.2 Å². The molecule has 6 nitrogen and oxygen atoms in total. The van der Waals surface area contributed by atoms with Gasteiger partial charge in [0.15, 0.2) is 11.6 Å². The highest BCUT2D eigenvalue weighted by molar-refractivity contribution is 5.93. The molecule has 160 valence electrons. The van der Waals surface area contributed by atoms with Crippen molar-refractivity contribution in [3.8, 4) is 11.1 Å². The van der Waals surface area contributed by atoms with Gasteiger partial charge in [0.1, 0.15) is 5.52 Å². The number of aromatic nitrogens is 2. The maximum atomic E-state index is 12.9. The van der Waals surface area contributed by atoms with E-state index in [-0.39, 0.29) is 11.6 Å². The Balaban J connectivity index is 1.81. The molecule has 0 saturated carbocycles. The summed E-state index contributed by atoms with van der Waals surface area (Å²) in [5, 5.41) is 28.1. The van der Waals surface area contributed by atoms with Crippen LogP contribution in [0, 0.1) is 0 Å². The lowest BCUT2D eigenvalue weighted by atomic mass is 9.95. The summed E-state index contributed by atoms with van der Waals surface area (Å²) in [6.45, 7) is 4.20. The van der Waals surface area contributed by atoms with Crippen LogP contribution in [-0.2, 0) is 0 Å². The second-order valence-corrected chi connectivity index (χ2v) is 8.20. The largest absolute Gasteiger partial charge is 0.418 e. The van der Waals surface area contributed by atoms with Crippen LogP contribution >= 0.6 is 0 Å². The summed E-state index contributed by atoms with van der Waals surface area (Å²) in [6, 6.07) is 9.05. The predicted molar refractivity (Wildman–Crippen MR) is 105 cm³/mol. The number of hydrogen-bond acceptors (Lipinski definition) is 6. The van der Waals surface area contributed by atoms with Gasteiger partial charge in [-0.2, -0.15) is 13.2 Å². The summed E-state index contributed by atoms with van der Waals surface area (Å²) in [6.07, 6.45) is -5.63. The highest BCUT2D eigenvalue weighted by Gasteiger charge is 2.40. The third kappa shape index (κ3) is 3.75. The molecule has 0 amide bonds. The Labute approximate surface area is 170 Å². The molecule has 1 aliphatic heterocycles. The summed E-state index contributed by atoms with van der Waals surface area (Å²) >= 11 is 0.